The van der Waals surface area contributed by atoms with Crippen LogP contribution < -0.4 is 4.46 Å². The van der Waals surface area contributed by atoms with E-state index in [0.29, 0.717) is 19.8 Å². The minimum atomic E-state index is -0.120. The van der Waals surface area contributed by atoms with Gasteiger partial charge in [0, 0.05) is 0 Å². The maximum atomic E-state index is 9.93. The molecule has 0 bridgehead atoms. The van der Waals surface area contributed by atoms with Gasteiger partial charge < -0.3 is 0 Å². The fraction of sp³-hybridized carbons (Fsp3) is 0.538. The van der Waals surface area contributed by atoms with E-state index in [1.54, 1.807) is 0 Å². The second kappa shape index (κ2) is 7.05. The first kappa shape index (κ1) is 12.8. The quantitative estimate of drug-likeness (QED) is 0.788. The summed E-state index contributed by atoms with van der Waals surface area (Å²) in [6.07, 6.45) is 3.06. The molecular weight excluding hydrogens is 251 g/mol. The van der Waals surface area contributed by atoms with Gasteiger partial charge in [0.05, 0.1) is 0 Å². The second-order valence-corrected chi connectivity index (χ2v) is 6.49. The van der Waals surface area contributed by atoms with Gasteiger partial charge in [-0.2, -0.15) is 0 Å². The molecule has 0 fully saturated rings. The van der Waals surface area contributed by atoms with Crippen LogP contribution in [0.5, 0.6) is 0 Å². The molecule has 0 amide bonds. The summed E-state index contributed by atoms with van der Waals surface area (Å²) in [5.74, 6) is 0. The van der Waals surface area contributed by atoms with Crippen molar-refractivity contribution in [2.75, 3.05) is 0 Å². The average molecular weight is 271 g/mol. The summed E-state index contributed by atoms with van der Waals surface area (Å²) in [6.45, 7) is 4.25. The summed E-state index contributed by atoms with van der Waals surface area (Å²) in [5, 5.41) is 9.93. The first-order valence-corrected chi connectivity index (χ1v) is 7.52. The van der Waals surface area contributed by atoms with Crippen LogP contribution in [-0.4, -0.2) is 26.2 Å². The van der Waals surface area contributed by atoms with Crippen molar-refractivity contribution in [1.29, 1.82) is 0 Å². The third kappa shape index (κ3) is 4.38. The molecule has 0 aliphatic carbocycles. The normalized spacial score (nSPS) is 14.9. The molecule has 1 aromatic rings. The zero-order chi connectivity index (χ0) is 11.1. The van der Waals surface area contributed by atoms with Crippen LogP contribution in [0.25, 0.3) is 0 Å². The molecule has 2 unspecified atom stereocenters. The summed E-state index contributed by atoms with van der Waals surface area (Å²) in [5.41, 5.74) is 0. The maximum absolute atomic E-state index is 9.93. The van der Waals surface area contributed by atoms with Crippen LogP contribution in [0.3, 0.4) is 0 Å². The summed E-state index contributed by atoms with van der Waals surface area (Å²) < 4.78 is 1.40. The van der Waals surface area contributed by atoms with E-state index < -0.39 is 0 Å². The van der Waals surface area contributed by atoms with Gasteiger partial charge in [0.25, 0.3) is 0 Å². The van der Waals surface area contributed by atoms with Crippen molar-refractivity contribution >= 4 is 19.4 Å². The number of rotatable bonds is 6. The van der Waals surface area contributed by atoms with Crippen molar-refractivity contribution in [2.45, 2.75) is 44.0 Å². The SMILES string of the molecule is CCCC([Se]c1ccccc1)C(O)CC. The molecule has 1 N–H and O–H groups in total. The first-order valence-electron chi connectivity index (χ1n) is 5.67. The Hall–Kier alpha value is -0.301. The minimum absolute atomic E-state index is 0.120. The topological polar surface area (TPSA) is 20.2 Å². The van der Waals surface area contributed by atoms with Gasteiger partial charge in [-0.05, 0) is 0 Å². The van der Waals surface area contributed by atoms with Crippen molar-refractivity contribution < 1.29 is 5.11 Å². The molecule has 15 heavy (non-hydrogen) atoms. The van der Waals surface area contributed by atoms with Crippen LogP contribution in [0, 0.1) is 0 Å². The first-order chi connectivity index (χ1) is 7.27. The predicted molar refractivity (Wildman–Crippen MR) is 66.8 cm³/mol. The molecule has 2 heteroatoms. The molecule has 0 heterocycles. The zero-order valence-corrected chi connectivity index (χ0v) is 11.2. The molecule has 0 aromatic heterocycles. The Bertz CT molecular complexity index is 260. The molecule has 0 spiro atoms. The number of hydrogen-bond acceptors (Lipinski definition) is 1. The van der Waals surface area contributed by atoms with Gasteiger partial charge in [0.15, 0.2) is 0 Å². The van der Waals surface area contributed by atoms with Crippen molar-refractivity contribution in [1.82, 2.24) is 0 Å². The van der Waals surface area contributed by atoms with E-state index in [1.807, 2.05) is 6.07 Å². The Kier molecular flexibility index (Phi) is 6.00. The molecule has 0 aliphatic rings. The molecule has 84 valence electrons. The number of hydrogen-bond donors (Lipinski definition) is 1. The summed E-state index contributed by atoms with van der Waals surface area (Å²) >= 11 is 0.409. The predicted octanol–water partition coefficient (Wildman–Crippen LogP) is 2.38. The van der Waals surface area contributed by atoms with Gasteiger partial charge >= 0.3 is 98.9 Å². The Labute approximate surface area is 99.1 Å². The molecule has 1 aromatic carbocycles. The fourth-order valence-corrected chi connectivity index (χ4v) is 4.42. The molecule has 0 radical (unpaired) electrons. The van der Waals surface area contributed by atoms with Gasteiger partial charge in [0.2, 0.25) is 0 Å². The van der Waals surface area contributed by atoms with E-state index >= 15 is 0 Å². The van der Waals surface area contributed by atoms with Gasteiger partial charge in [-0.3, -0.25) is 0 Å². The van der Waals surface area contributed by atoms with E-state index in [2.05, 4.69) is 38.1 Å². The summed E-state index contributed by atoms with van der Waals surface area (Å²) in [4.78, 5) is 0.481. The van der Waals surface area contributed by atoms with E-state index in [-0.39, 0.29) is 6.10 Å². The third-order valence-electron chi connectivity index (χ3n) is 2.45. The van der Waals surface area contributed by atoms with Crippen LogP contribution >= 0.6 is 0 Å². The monoisotopic (exact) mass is 272 g/mol. The number of aliphatic hydroxyl groups excluding tert-OH is 1. The zero-order valence-electron chi connectivity index (χ0n) is 9.52. The van der Waals surface area contributed by atoms with Crippen LogP contribution in [-0.2, 0) is 0 Å². The van der Waals surface area contributed by atoms with E-state index in [1.165, 1.54) is 4.46 Å². The van der Waals surface area contributed by atoms with E-state index in [4.69, 9.17) is 0 Å². The summed E-state index contributed by atoms with van der Waals surface area (Å²) in [6, 6.07) is 10.6. The Balaban J connectivity index is 2.58. The van der Waals surface area contributed by atoms with Crippen LogP contribution in [0.15, 0.2) is 30.3 Å². The standard InChI is InChI=1S/C13H20OSe/c1-3-8-13(12(14)4-2)15-11-9-6-5-7-10-11/h5-7,9-10,12-14H,3-4,8H2,1-2H3. The van der Waals surface area contributed by atoms with Gasteiger partial charge in [-0.1, -0.05) is 0 Å². The number of benzene rings is 1. The third-order valence-corrected chi connectivity index (χ3v) is 5.38. The van der Waals surface area contributed by atoms with Crippen LogP contribution in [0.2, 0.25) is 4.82 Å². The van der Waals surface area contributed by atoms with Crippen LogP contribution in [0.4, 0.5) is 0 Å². The van der Waals surface area contributed by atoms with Crippen molar-refractivity contribution in [3.8, 4) is 0 Å². The molecule has 0 saturated heterocycles. The van der Waals surface area contributed by atoms with Crippen LogP contribution in [0.1, 0.15) is 33.1 Å². The molecule has 0 aliphatic heterocycles. The van der Waals surface area contributed by atoms with Crippen molar-refractivity contribution in [3.63, 3.8) is 0 Å². The Morgan fingerprint density at radius 3 is 2.40 bits per heavy atom. The molecule has 1 rings (SSSR count). The van der Waals surface area contributed by atoms with Crippen molar-refractivity contribution in [3.05, 3.63) is 30.3 Å². The fourth-order valence-electron chi connectivity index (χ4n) is 1.55. The van der Waals surface area contributed by atoms with E-state index in [9.17, 15) is 5.11 Å². The summed E-state index contributed by atoms with van der Waals surface area (Å²) in [7, 11) is 0. The Morgan fingerprint density at radius 2 is 1.87 bits per heavy atom. The number of aliphatic hydroxyl groups is 1. The molecule has 1 nitrogen and oxygen atoms in total. The van der Waals surface area contributed by atoms with Gasteiger partial charge in [0.1, 0.15) is 0 Å². The molecule has 0 saturated carbocycles. The van der Waals surface area contributed by atoms with E-state index in [0.717, 1.165) is 19.3 Å². The Morgan fingerprint density at radius 1 is 1.20 bits per heavy atom. The molecular formula is C13H20OSe. The molecule has 2 atom stereocenters. The van der Waals surface area contributed by atoms with Gasteiger partial charge in [-0.25, -0.2) is 0 Å². The average Bonchev–Trinajstić information content (AvgIpc) is 2.29. The van der Waals surface area contributed by atoms with Gasteiger partial charge in [-0.15, -0.1) is 0 Å². The van der Waals surface area contributed by atoms with Crippen molar-refractivity contribution in [2.24, 2.45) is 0 Å². The second-order valence-electron chi connectivity index (χ2n) is 3.73.